The van der Waals surface area contributed by atoms with Crippen LogP contribution in [0.5, 0.6) is 0 Å². The maximum Gasteiger partial charge on any atom is 0.340 e. The van der Waals surface area contributed by atoms with E-state index in [0.717, 1.165) is 20.6 Å². The Morgan fingerprint density at radius 2 is 1.95 bits per heavy atom. The van der Waals surface area contributed by atoms with Crippen molar-refractivity contribution in [2.45, 2.75) is 6.54 Å². The van der Waals surface area contributed by atoms with Gasteiger partial charge in [-0.05, 0) is 67.8 Å². The summed E-state index contributed by atoms with van der Waals surface area (Å²) in [6.07, 6.45) is 0. The fourth-order valence-electron chi connectivity index (χ4n) is 1.80. The monoisotopic (exact) mass is 415 g/mol. The van der Waals surface area contributed by atoms with Crippen LogP contribution in [-0.2, 0) is 11.3 Å². The van der Waals surface area contributed by atoms with E-state index in [1.807, 2.05) is 18.2 Å². The average Bonchev–Trinajstić information content (AvgIpc) is 2.48. The number of rotatable bonds is 4. The molecule has 0 aliphatic heterocycles. The fraction of sp³-hybridized carbons (Fsp3) is 0.133. The number of carbonyl (C=O) groups is 1. The first-order chi connectivity index (χ1) is 10.0. The fourth-order valence-corrected chi connectivity index (χ4v) is 2.47. The minimum Gasteiger partial charge on any atom is -0.465 e. The first kappa shape index (κ1) is 16.0. The number of esters is 1. The van der Waals surface area contributed by atoms with Crippen molar-refractivity contribution in [3.05, 3.63) is 62.3 Å². The van der Waals surface area contributed by atoms with Crippen LogP contribution in [0.3, 0.4) is 0 Å². The highest BCUT2D eigenvalue weighted by atomic mass is 79.9. The third-order valence-electron chi connectivity index (χ3n) is 2.85. The molecule has 0 aromatic heterocycles. The van der Waals surface area contributed by atoms with E-state index in [4.69, 9.17) is 0 Å². The molecule has 0 spiro atoms. The van der Waals surface area contributed by atoms with Gasteiger partial charge in [-0.15, -0.1) is 0 Å². The summed E-state index contributed by atoms with van der Waals surface area (Å²) in [6.45, 7) is 0.501. The number of benzene rings is 2. The quantitative estimate of drug-likeness (QED) is 0.731. The average molecular weight is 417 g/mol. The van der Waals surface area contributed by atoms with Gasteiger partial charge in [0, 0.05) is 21.2 Å². The van der Waals surface area contributed by atoms with Crippen molar-refractivity contribution in [1.82, 2.24) is 0 Å². The summed E-state index contributed by atoms with van der Waals surface area (Å²) in [5, 5.41) is 3.12. The van der Waals surface area contributed by atoms with Gasteiger partial charge in [-0.3, -0.25) is 0 Å². The van der Waals surface area contributed by atoms with Gasteiger partial charge in [0.15, 0.2) is 0 Å². The molecular weight excluding hydrogens is 405 g/mol. The van der Waals surface area contributed by atoms with E-state index in [1.165, 1.54) is 19.2 Å². The lowest BCUT2D eigenvalue weighted by Crippen LogP contribution is -2.08. The van der Waals surface area contributed by atoms with Crippen LogP contribution in [0.2, 0.25) is 0 Å². The number of ether oxygens (including phenoxy) is 1. The Labute approximate surface area is 138 Å². The number of anilines is 1. The van der Waals surface area contributed by atoms with E-state index >= 15 is 0 Å². The maximum atomic E-state index is 13.3. The molecule has 1 N–H and O–H groups in total. The van der Waals surface area contributed by atoms with E-state index in [1.54, 1.807) is 0 Å². The molecule has 0 amide bonds. The Hall–Kier alpha value is -1.40. The Bertz CT molecular complexity index is 677. The zero-order chi connectivity index (χ0) is 15.4. The molecule has 2 aromatic carbocycles. The molecule has 2 aromatic rings. The molecule has 21 heavy (non-hydrogen) atoms. The van der Waals surface area contributed by atoms with Crippen LogP contribution in [-0.4, -0.2) is 13.1 Å². The molecule has 0 heterocycles. The van der Waals surface area contributed by atoms with Crippen molar-refractivity contribution >= 4 is 43.5 Å². The van der Waals surface area contributed by atoms with E-state index in [9.17, 15) is 9.18 Å². The number of halogens is 3. The molecule has 110 valence electrons. The smallest absolute Gasteiger partial charge is 0.340 e. The van der Waals surface area contributed by atoms with E-state index in [2.05, 4.69) is 41.9 Å². The largest absolute Gasteiger partial charge is 0.465 e. The first-order valence-corrected chi connectivity index (χ1v) is 7.65. The van der Waals surface area contributed by atoms with Gasteiger partial charge < -0.3 is 10.1 Å². The molecule has 0 atom stereocenters. The highest BCUT2D eigenvalue weighted by molar-refractivity contribution is 9.13. The van der Waals surface area contributed by atoms with Crippen molar-refractivity contribution in [2.75, 3.05) is 12.4 Å². The number of carbonyl (C=O) groups excluding carboxylic acids is 1. The number of methoxy groups -OCH3 is 1. The lowest BCUT2D eigenvalue weighted by molar-refractivity contribution is 0.0601. The van der Waals surface area contributed by atoms with E-state index in [-0.39, 0.29) is 5.56 Å². The summed E-state index contributed by atoms with van der Waals surface area (Å²) in [6, 6.07) is 9.81. The molecule has 0 saturated heterocycles. The van der Waals surface area contributed by atoms with Crippen LogP contribution >= 0.6 is 31.9 Å². The summed E-state index contributed by atoms with van der Waals surface area (Å²) in [4.78, 5) is 11.7. The van der Waals surface area contributed by atoms with Crippen LogP contribution in [0.25, 0.3) is 0 Å². The van der Waals surface area contributed by atoms with Crippen molar-refractivity contribution < 1.29 is 13.9 Å². The Kier molecular flexibility index (Phi) is 5.36. The summed E-state index contributed by atoms with van der Waals surface area (Å²) >= 11 is 6.84. The van der Waals surface area contributed by atoms with Crippen LogP contribution in [0.1, 0.15) is 15.9 Å². The summed E-state index contributed by atoms with van der Waals surface area (Å²) in [7, 11) is 1.27. The SMILES string of the molecule is COC(=O)c1cc(F)ccc1NCc1ccc(Br)c(Br)c1. The predicted molar refractivity (Wildman–Crippen MR) is 86.9 cm³/mol. The van der Waals surface area contributed by atoms with E-state index < -0.39 is 11.8 Å². The summed E-state index contributed by atoms with van der Waals surface area (Å²) < 4.78 is 19.8. The third kappa shape index (κ3) is 4.04. The molecule has 0 fully saturated rings. The lowest BCUT2D eigenvalue weighted by atomic mass is 10.1. The Morgan fingerprint density at radius 3 is 2.62 bits per heavy atom. The molecule has 3 nitrogen and oxygen atoms in total. The summed E-state index contributed by atoms with van der Waals surface area (Å²) in [5.74, 6) is -1.05. The highest BCUT2D eigenvalue weighted by Gasteiger charge is 2.13. The minimum absolute atomic E-state index is 0.175. The molecule has 0 aliphatic rings. The second-order valence-electron chi connectivity index (χ2n) is 4.28. The van der Waals surface area contributed by atoms with Crippen LogP contribution in [0.4, 0.5) is 10.1 Å². The Balaban J connectivity index is 2.19. The molecule has 0 saturated carbocycles. The maximum absolute atomic E-state index is 13.3. The number of hydrogen-bond acceptors (Lipinski definition) is 3. The second kappa shape index (κ2) is 7.04. The van der Waals surface area contributed by atoms with Crippen molar-refractivity contribution in [2.24, 2.45) is 0 Å². The predicted octanol–water partition coefficient (Wildman–Crippen LogP) is 4.75. The zero-order valence-corrected chi connectivity index (χ0v) is 14.3. The molecule has 0 bridgehead atoms. The summed E-state index contributed by atoms with van der Waals surface area (Å²) in [5.41, 5.74) is 1.72. The van der Waals surface area contributed by atoms with Crippen molar-refractivity contribution in [1.29, 1.82) is 0 Å². The molecule has 0 unspecified atom stereocenters. The molecule has 0 aliphatic carbocycles. The van der Waals surface area contributed by atoms with Gasteiger partial charge in [0.1, 0.15) is 5.82 Å². The van der Waals surface area contributed by atoms with Gasteiger partial charge in [0.05, 0.1) is 12.7 Å². The Morgan fingerprint density at radius 1 is 1.19 bits per heavy atom. The first-order valence-electron chi connectivity index (χ1n) is 6.07. The second-order valence-corrected chi connectivity index (χ2v) is 5.99. The highest BCUT2D eigenvalue weighted by Crippen LogP contribution is 2.25. The van der Waals surface area contributed by atoms with Crippen molar-refractivity contribution in [3.8, 4) is 0 Å². The molecule has 2 rings (SSSR count). The molecule has 0 radical (unpaired) electrons. The third-order valence-corrected chi connectivity index (χ3v) is 4.73. The van der Waals surface area contributed by atoms with Gasteiger partial charge >= 0.3 is 5.97 Å². The van der Waals surface area contributed by atoms with Gasteiger partial charge in [-0.1, -0.05) is 6.07 Å². The van der Waals surface area contributed by atoms with Gasteiger partial charge in [0.2, 0.25) is 0 Å². The molecular formula is C15H12Br2FNO2. The normalized spacial score (nSPS) is 10.3. The number of hydrogen-bond donors (Lipinski definition) is 1. The topological polar surface area (TPSA) is 38.3 Å². The van der Waals surface area contributed by atoms with Crippen molar-refractivity contribution in [3.63, 3.8) is 0 Å². The van der Waals surface area contributed by atoms with Crippen LogP contribution in [0.15, 0.2) is 45.3 Å². The molecule has 6 heteroatoms. The van der Waals surface area contributed by atoms with Gasteiger partial charge in [-0.25, -0.2) is 9.18 Å². The minimum atomic E-state index is -0.575. The standard InChI is InChI=1S/C15H12Br2FNO2/c1-21-15(20)11-7-10(18)3-5-14(11)19-8-9-2-4-12(16)13(17)6-9/h2-7,19H,8H2,1H3. The van der Waals surface area contributed by atoms with Gasteiger partial charge in [0.25, 0.3) is 0 Å². The van der Waals surface area contributed by atoms with Crippen LogP contribution in [0, 0.1) is 5.82 Å². The lowest BCUT2D eigenvalue weighted by Gasteiger charge is -2.11. The number of nitrogens with one attached hydrogen (secondary N) is 1. The van der Waals surface area contributed by atoms with E-state index in [0.29, 0.717) is 12.2 Å². The van der Waals surface area contributed by atoms with Gasteiger partial charge in [-0.2, -0.15) is 0 Å². The zero-order valence-electron chi connectivity index (χ0n) is 11.1. The van der Waals surface area contributed by atoms with Crippen LogP contribution < -0.4 is 5.32 Å².